The molecule has 1 aromatic carbocycles. The molecule has 1 N–H and O–H groups in total. The average Bonchev–Trinajstić information content (AvgIpc) is 3.07. The molecule has 3 rings (SSSR count). The monoisotopic (exact) mass is 413 g/mol. The zero-order valence-corrected chi connectivity index (χ0v) is 17.2. The van der Waals surface area contributed by atoms with Crippen LogP contribution >= 0.6 is 11.3 Å². The van der Waals surface area contributed by atoms with E-state index in [0.717, 1.165) is 35.3 Å². The lowest BCUT2D eigenvalue weighted by Crippen LogP contribution is -2.21. The number of benzene rings is 1. The van der Waals surface area contributed by atoms with E-state index < -0.39 is 24.5 Å². The van der Waals surface area contributed by atoms with Crippen molar-refractivity contribution < 1.29 is 23.9 Å². The standard InChI is InChI=1S/C22H23NO5S/c1-14-8-10-16-17(12-14)29-21(20(16)22(26)27-2)23-18(24)13-28-19(25)11-9-15-6-4-3-5-7-15/h3-7,9,11,14H,8,10,12-13H2,1-2H3,(H,23,24)/b11-9+/t14-/m1/s1. The van der Waals surface area contributed by atoms with Gasteiger partial charge in [-0.15, -0.1) is 11.3 Å². The van der Waals surface area contributed by atoms with E-state index in [1.807, 2.05) is 30.3 Å². The van der Waals surface area contributed by atoms with Crippen LogP contribution in [0.2, 0.25) is 0 Å². The number of ether oxygens (including phenoxy) is 2. The number of rotatable bonds is 6. The van der Waals surface area contributed by atoms with Gasteiger partial charge in [0.2, 0.25) is 0 Å². The Kier molecular flexibility index (Phi) is 6.82. The first-order chi connectivity index (χ1) is 14.0. The number of anilines is 1. The summed E-state index contributed by atoms with van der Waals surface area (Å²) in [4.78, 5) is 37.5. The topological polar surface area (TPSA) is 81.7 Å². The van der Waals surface area contributed by atoms with Gasteiger partial charge < -0.3 is 14.8 Å². The first kappa shape index (κ1) is 20.8. The van der Waals surface area contributed by atoms with E-state index in [0.29, 0.717) is 16.5 Å². The zero-order chi connectivity index (χ0) is 20.8. The molecule has 29 heavy (non-hydrogen) atoms. The molecule has 6 nitrogen and oxygen atoms in total. The third kappa shape index (κ3) is 5.32. The molecule has 2 aromatic rings. The Balaban J connectivity index is 1.62. The number of hydrogen-bond donors (Lipinski definition) is 1. The molecule has 1 aliphatic carbocycles. The summed E-state index contributed by atoms with van der Waals surface area (Å²) in [6.45, 7) is 1.73. The Morgan fingerprint density at radius 1 is 1.24 bits per heavy atom. The fourth-order valence-electron chi connectivity index (χ4n) is 3.23. The summed E-state index contributed by atoms with van der Waals surface area (Å²) in [6.07, 6.45) is 5.54. The number of nitrogens with one attached hydrogen (secondary N) is 1. The molecule has 1 amide bonds. The second kappa shape index (κ2) is 9.52. The van der Waals surface area contributed by atoms with Gasteiger partial charge in [-0.2, -0.15) is 0 Å². The van der Waals surface area contributed by atoms with Crippen LogP contribution in [0.15, 0.2) is 36.4 Å². The molecule has 0 saturated carbocycles. The van der Waals surface area contributed by atoms with Crippen LogP contribution in [0, 0.1) is 5.92 Å². The number of carbonyl (C=O) groups excluding carboxylic acids is 3. The molecule has 0 unspecified atom stereocenters. The van der Waals surface area contributed by atoms with E-state index in [-0.39, 0.29) is 0 Å². The van der Waals surface area contributed by atoms with Crippen LogP contribution in [0.25, 0.3) is 6.08 Å². The van der Waals surface area contributed by atoms with Gasteiger partial charge >= 0.3 is 11.9 Å². The molecular weight excluding hydrogens is 390 g/mol. The van der Waals surface area contributed by atoms with Gasteiger partial charge in [0, 0.05) is 11.0 Å². The SMILES string of the molecule is COC(=O)c1c(NC(=O)COC(=O)/C=C/c2ccccc2)sc2c1CC[C@@H](C)C2. The average molecular weight is 413 g/mol. The Labute approximate surface area is 173 Å². The summed E-state index contributed by atoms with van der Waals surface area (Å²) in [5.41, 5.74) is 2.23. The fourth-order valence-corrected chi connectivity index (χ4v) is 4.65. The highest BCUT2D eigenvalue weighted by molar-refractivity contribution is 7.17. The van der Waals surface area contributed by atoms with E-state index in [9.17, 15) is 14.4 Å². The molecule has 152 valence electrons. The maximum atomic E-state index is 12.3. The van der Waals surface area contributed by atoms with Crippen molar-refractivity contribution in [3.8, 4) is 0 Å². The van der Waals surface area contributed by atoms with Gasteiger partial charge in [-0.25, -0.2) is 9.59 Å². The van der Waals surface area contributed by atoms with Crippen molar-refractivity contribution in [3.63, 3.8) is 0 Å². The quantitative estimate of drug-likeness (QED) is 0.575. The molecule has 1 atom stereocenters. The summed E-state index contributed by atoms with van der Waals surface area (Å²) in [5, 5.41) is 3.16. The van der Waals surface area contributed by atoms with Gasteiger partial charge in [0.15, 0.2) is 6.61 Å². The number of fused-ring (bicyclic) bond motifs is 1. The van der Waals surface area contributed by atoms with Crippen LogP contribution < -0.4 is 5.32 Å². The molecule has 0 bridgehead atoms. The van der Waals surface area contributed by atoms with Gasteiger partial charge in [-0.05, 0) is 42.4 Å². The Morgan fingerprint density at radius 3 is 2.72 bits per heavy atom. The van der Waals surface area contributed by atoms with Crippen LogP contribution in [0.1, 0.15) is 39.7 Å². The number of esters is 2. The lowest BCUT2D eigenvalue weighted by molar-refractivity contribution is -0.142. The van der Waals surface area contributed by atoms with Crippen molar-refractivity contribution in [2.24, 2.45) is 5.92 Å². The third-order valence-corrected chi connectivity index (χ3v) is 5.88. The first-order valence-corrected chi connectivity index (χ1v) is 10.2. The first-order valence-electron chi connectivity index (χ1n) is 9.40. The number of carbonyl (C=O) groups is 3. The maximum absolute atomic E-state index is 12.3. The minimum absolute atomic E-state index is 0.419. The van der Waals surface area contributed by atoms with Gasteiger partial charge in [-0.1, -0.05) is 37.3 Å². The minimum Gasteiger partial charge on any atom is -0.465 e. The van der Waals surface area contributed by atoms with Crippen molar-refractivity contribution in [1.29, 1.82) is 0 Å². The van der Waals surface area contributed by atoms with Crippen molar-refractivity contribution >= 4 is 40.3 Å². The molecule has 0 spiro atoms. The van der Waals surface area contributed by atoms with Crippen molar-refractivity contribution in [2.45, 2.75) is 26.2 Å². The Hall–Kier alpha value is -2.93. The number of thiophene rings is 1. The van der Waals surface area contributed by atoms with Gasteiger partial charge in [0.05, 0.1) is 12.7 Å². The largest absolute Gasteiger partial charge is 0.465 e. The molecule has 1 heterocycles. The highest BCUT2D eigenvalue weighted by Gasteiger charge is 2.28. The van der Waals surface area contributed by atoms with E-state index in [1.54, 1.807) is 6.08 Å². The van der Waals surface area contributed by atoms with E-state index in [2.05, 4.69) is 12.2 Å². The molecule has 7 heteroatoms. The third-order valence-electron chi connectivity index (χ3n) is 4.71. The van der Waals surface area contributed by atoms with E-state index in [1.165, 1.54) is 24.5 Å². The highest BCUT2D eigenvalue weighted by atomic mass is 32.1. The summed E-state index contributed by atoms with van der Waals surface area (Å²) < 4.78 is 9.90. The fraction of sp³-hybridized carbons (Fsp3) is 0.318. The smallest absolute Gasteiger partial charge is 0.341 e. The zero-order valence-electron chi connectivity index (χ0n) is 16.4. The Bertz CT molecular complexity index is 932. The predicted octanol–water partition coefficient (Wildman–Crippen LogP) is 3.85. The predicted molar refractivity (Wildman–Crippen MR) is 112 cm³/mol. The van der Waals surface area contributed by atoms with Crippen molar-refractivity contribution in [3.05, 3.63) is 58.0 Å². The summed E-state index contributed by atoms with van der Waals surface area (Å²) in [5.74, 6) is -1.04. The molecule has 1 aromatic heterocycles. The lowest BCUT2D eigenvalue weighted by atomic mass is 9.88. The van der Waals surface area contributed by atoms with Crippen molar-refractivity contribution in [2.75, 3.05) is 19.0 Å². The maximum Gasteiger partial charge on any atom is 0.341 e. The molecule has 0 fully saturated rings. The van der Waals surface area contributed by atoms with E-state index in [4.69, 9.17) is 9.47 Å². The molecule has 0 aliphatic heterocycles. The number of amides is 1. The highest BCUT2D eigenvalue weighted by Crippen LogP contribution is 2.39. The van der Waals surface area contributed by atoms with Crippen LogP contribution in [0.5, 0.6) is 0 Å². The van der Waals surface area contributed by atoms with Gasteiger partial charge in [0.25, 0.3) is 5.91 Å². The summed E-state index contributed by atoms with van der Waals surface area (Å²) >= 11 is 1.39. The molecular formula is C22H23NO5S. The summed E-state index contributed by atoms with van der Waals surface area (Å²) in [7, 11) is 1.32. The van der Waals surface area contributed by atoms with Gasteiger partial charge in [-0.3, -0.25) is 4.79 Å². The second-order valence-electron chi connectivity index (χ2n) is 6.95. The normalized spacial score (nSPS) is 15.6. The van der Waals surface area contributed by atoms with Crippen LogP contribution in [-0.2, 0) is 31.9 Å². The number of hydrogen-bond acceptors (Lipinski definition) is 6. The second-order valence-corrected chi connectivity index (χ2v) is 8.05. The van der Waals surface area contributed by atoms with Crippen molar-refractivity contribution in [1.82, 2.24) is 0 Å². The van der Waals surface area contributed by atoms with Gasteiger partial charge in [0.1, 0.15) is 5.00 Å². The Morgan fingerprint density at radius 2 is 2.00 bits per heavy atom. The van der Waals surface area contributed by atoms with Crippen LogP contribution in [-0.4, -0.2) is 31.6 Å². The van der Waals surface area contributed by atoms with Crippen LogP contribution in [0.3, 0.4) is 0 Å². The molecule has 1 aliphatic rings. The minimum atomic E-state index is -0.614. The number of methoxy groups -OCH3 is 1. The van der Waals surface area contributed by atoms with E-state index >= 15 is 0 Å². The summed E-state index contributed by atoms with van der Waals surface area (Å²) in [6, 6.07) is 9.30. The lowest BCUT2D eigenvalue weighted by Gasteiger charge is -2.18. The molecule has 0 saturated heterocycles. The molecule has 0 radical (unpaired) electrons. The van der Waals surface area contributed by atoms with Crippen LogP contribution in [0.4, 0.5) is 5.00 Å².